The zero-order chi connectivity index (χ0) is 13.4. The van der Waals surface area contributed by atoms with E-state index in [0.29, 0.717) is 0 Å². The molecule has 2 unspecified atom stereocenters. The molecule has 1 amide bonds. The molecule has 2 heterocycles. The number of aliphatic imine (C=N–C) groups is 1. The van der Waals surface area contributed by atoms with Crippen LogP contribution in [0.5, 0.6) is 0 Å². The molecule has 0 fully saturated rings. The van der Waals surface area contributed by atoms with E-state index in [0.717, 1.165) is 12.1 Å². The molecule has 0 aliphatic carbocycles. The molecule has 5 heteroatoms. The minimum absolute atomic E-state index is 0.0936. The number of nitrogens with zero attached hydrogens (tertiary/aromatic N) is 1. The van der Waals surface area contributed by atoms with Gasteiger partial charge in [-0.3, -0.25) is 10.1 Å². The molecule has 2 atom stereocenters. The van der Waals surface area contributed by atoms with Gasteiger partial charge in [-0.15, -0.1) is 0 Å². The lowest BCUT2D eigenvalue weighted by atomic mass is 10.0. The number of guanidine groups is 1. The van der Waals surface area contributed by atoms with Crippen LogP contribution in [0.3, 0.4) is 0 Å². The molecule has 1 aromatic rings. The lowest BCUT2D eigenvalue weighted by Gasteiger charge is -2.21. The highest BCUT2D eigenvalue weighted by Gasteiger charge is 2.35. The number of hydrogen-bond donors (Lipinski definition) is 3. The average Bonchev–Trinajstić information content (AvgIpc) is 2.75. The number of allylic oxidation sites excluding steroid dienone is 1. The molecule has 0 bridgehead atoms. The molecule has 0 aromatic heterocycles. The van der Waals surface area contributed by atoms with Gasteiger partial charge in [0.15, 0.2) is 5.96 Å². The maximum atomic E-state index is 11.8. The lowest BCUT2D eigenvalue weighted by molar-refractivity contribution is -0.123. The molecule has 4 N–H and O–H groups in total. The van der Waals surface area contributed by atoms with Crippen LogP contribution in [-0.4, -0.2) is 18.0 Å². The summed E-state index contributed by atoms with van der Waals surface area (Å²) in [6.07, 6.45) is 2.46. The Morgan fingerprint density at radius 3 is 2.79 bits per heavy atom. The van der Waals surface area contributed by atoms with Gasteiger partial charge in [0.1, 0.15) is 6.17 Å². The monoisotopic (exact) mass is 256 g/mol. The van der Waals surface area contributed by atoms with Crippen molar-refractivity contribution < 1.29 is 4.79 Å². The van der Waals surface area contributed by atoms with Gasteiger partial charge in [0.2, 0.25) is 5.91 Å². The first-order valence-electron chi connectivity index (χ1n) is 6.29. The second-order valence-electron chi connectivity index (χ2n) is 4.97. The van der Waals surface area contributed by atoms with E-state index in [9.17, 15) is 4.79 Å². The molecule has 5 nitrogen and oxygen atoms in total. The van der Waals surface area contributed by atoms with Crippen molar-refractivity contribution in [1.82, 2.24) is 10.6 Å². The molecule has 0 saturated heterocycles. The fourth-order valence-corrected chi connectivity index (χ4v) is 2.39. The molecular formula is C14H16N4O. The van der Waals surface area contributed by atoms with Gasteiger partial charge >= 0.3 is 0 Å². The zero-order valence-electron chi connectivity index (χ0n) is 10.7. The van der Waals surface area contributed by atoms with Crippen LogP contribution < -0.4 is 16.4 Å². The van der Waals surface area contributed by atoms with Crippen LogP contribution >= 0.6 is 0 Å². The Kier molecular flexibility index (Phi) is 2.74. The van der Waals surface area contributed by atoms with Crippen molar-refractivity contribution in [1.29, 1.82) is 0 Å². The van der Waals surface area contributed by atoms with Gasteiger partial charge in [-0.2, -0.15) is 0 Å². The van der Waals surface area contributed by atoms with E-state index in [1.165, 1.54) is 11.1 Å². The van der Waals surface area contributed by atoms with E-state index in [2.05, 4.69) is 46.8 Å². The number of fused-ring (bicyclic) bond motifs is 1. The molecule has 98 valence electrons. The third-order valence-electron chi connectivity index (χ3n) is 3.40. The van der Waals surface area contributed by atoms with E-state index in [1.54, 1.807) is 0 Å². The highest BCUT2D eigenvalue weighted by molar-refractivity contribution is 6.00. The highest BCUT2D eigenvalue weighted by Crippen LogP contribution is 2.23. The van der Waals surface area contributed by atoms with Crippen LogP contribution in [0, 0.1) is 12.8 Å². The van der Waals surface area contributed by atoms with E-state index in [-0.39, 0.29) is 24.0 Å². The summed E-state index contributed by atoms with van der Waals surface area (Å²) in [7, 11) is 0. The van der Waals surface area contributed by atoms with E-state index >= 15 is 0 Å². The summed E-state index contributed by atoms with van der Waals surface area (Å²) in [6, 6.07) is 8.36. The fraction of sp³-hybridized carbons (Fsp3) is 0.286. The van der Waals surface area contributed by atoms with Gasteiger partial charge < -0.3 is 11.1 Å². The molecule has 2 aliphatic heterocycles. The summed E-state index contributed by atoms with van der Waals surface area (Å²) in [4.78, 5) is 16.0. The normalized spacial score (nSPS) is 25.0. The minimum atomic E-state index is -0.257. The van der Waals surface area contributed by atoms with Crippen LogP contribution in [0.15, 0.2) is 41.0 Å². The highest BCUT2D eigenvalue weighted by atomic mass is 16.2. The first-order valence-corrected chi connectivity index (χ1v) is 6.29. The Hall–Kier alpha value is -2.30. The van der Waals surface area contributed by atoms with Crippen LogP contribution in [0.1, 0.15) is 11.1 Å². The van der Waals surface area contributed by atoms with Crippen molar-refractivity contribution in [3.8, 4) is 0 Å². The third-order valence-corrected chi connectivity index (χ3v) is 3.40. The second-order valence-corrected chi connectivity index (χ2v) is 4.97. The maximum Gasteiger partial charge on any atom is 0.237 e. The number of carbonyl (C=O) groups is 1. The number of benzene rings is 1. The standard InChI is InChI=1S/C14H16N4O/c1-8-2-4-9(5-3-8)6-10-7-11-12(16-10)17-14(15)18-13(11)19/h2-5,7,11-12,16H,6H2,1H3,(H3,15,17,18,19). The Morgan fingerprint density at radius 1 is 1.32 bits per heavy atom. The average molecular weight is 256 g/mol. The van der Waals surface area contributed by atoms with Crippen molar-refractivity contribution in [2.24, 2.45) is 16.6 Å². The largest absolute Gasteiger partial charge is 0.370 e. The number of rotatable bonds is 2. The molecule has 19 heavy (non-hydrogen) atoms. The van der Waals surface area contributed by atoms with Gasteiger partial charge in [0, 0.05) is 12.1 Å². The zero-order valence-corrected chi connectivity index (χ0v) is 10.7. The van der Waals surface area contributed by atoms with Crippen molar-refractivity contribution in [2.45, 2.75) is 19.5 Å². The second kappa shape index (κ2) is 4.42. The minimum Gasteiger partial charge on any atom is -0.370 e. The van der Waals surface area contributed by atoms with Gasteiger partial charge in [-0.1, -0.05) is 29.8 Å². The van der Waals surface area contributed by atoms with Crippen LogP contribution in [-0.2, 0) is 11.2 Å². The first kappa shape index (κ1) is 11.8. The predicted molar refractivity (Wildman–Crippen MR) is 73.1 cm³/mol. The molecule has 1 aromatic carbocycles. The Morgan fingerprint density at radius 2 is 2.05 bits per heavy atom. The molecular weight excluding hydrogens is 240 g/mol. The number of carbonyl (C=O) groups excluding carboxylic acids is 1. The lowest BCUT2D eigenvalue weighted by Crippen LogP contribution is -2.50. The number of aryl methyl sites for hydroxylation is 1. The van der Waals surface area contributed by atoms with Gasteiger partial charge in [-0.25, -0.2) is 4.99 Å². The summed E-state index contributed by atoms with van der Waals surface area (Å²) < 4.78 is 0. The van der Waals surface area contributed by atoms with E-state index in [4.69, 9.17) is 5.73 Å². The molecule has 0 radical (unpaired) electrons. The first-order chi connectivity index (χ1) is 9.11. The molecule has 2 aliphatic rings. The van der Waals surface area contributed by atoms with Crippen molar-refractivity contribution in [2.75, 3.05) is 0 Å². The molecule has 0 saturated carbocycles. The van der Waals surface area contributed by atoms with Gasteiger partial charge in [0.05, 0.1) is 5.92 Å². The van der Waals surface area contributed by atoms with Gasteiger partial charge in [0.25, 0.3) is 0 Å². The van der Waals surface area contributed by atoms with E-state index < -0.39 is 0 Å². The summed E-state index contributed by atoms with van der Waals surface area (Å²) in [5, 5.41) is 5.80. The molecule has 0 spiro atoms. The quantitative estimate of drug-likeness (QED) is 0.717. The number of hydrogen-bond acceptors (Lipinski definition) is 4. The Labute approximate surface area is 111 Å². The Bertz CT molecular complexity index is 574. The fourth-order valence-electron chi connectivity index (χ4n) is 2.39. The number of amides is 1. The van der Waals surface area contributed by atoms with Crippen molar-refractivity contribution in [3.05, 3.63) is 47.2 Å². The smallest absolute Gasteiger partial charge is 0.237 e. The molecule has 3 rings (SSSR count). The summed E-state index contributed by atoms with van der Waals surface area (Å²) in [6.45, 7) is 2.06. The number of nitrogens with one attached hydrogen (secondary N) is 2. The number of nitrogens with two attached hydrogens (primary N) is 1. The van der Waals surface area contributed by atoms with Crippen molar-refractivity contribution >= 4 is 11.9 Å². The van der Waals surface area contributed by atoms with Gasteiger partial charge in [-0.05, 0) is 18.6 Å². The topological polar surface area (TPSA) is 79.5 Å². The van der Waals surface area contributed by atoms with Crippen LogP contribution in [0.4, 0.5) is 0 Å². The summed E-state index contributed by atoms with van der Waals surface area (Å²) in [5.74, 6) is -0.166. The predicted octanol–water partition coefficient (Wildman–Crippen LogP) is 0.411. The maximum absolute atomic E-state index is 11.8. The summed E-state index contributed by atoms with van der Waals surface area (Å²) in [5.41, 5.74) is 9.02. The van der Waals surface area contributed by atoms with Crippen LogP contribution in [0.2, 0.25) is 0 Å². The Balaban J connectivity index is 1.76. The van der Waals surface area contributed by atoms with Crippen LogP contribution in [0.25, 0.3) is 0 Å². The summed E-state index contributed by atoms with van der Waals surface area (Å²) >= 11 is 0. The third kappa shape index (κ3) is 2.31. The SMILES string of the molecule is Cc1ccc(CC2=CC3C(=O)NC(N)=NC3N2)cc1. The van der Waals surface area contributed by atoms with Crippen molar-refractivity contribution in [3.63, 3.8) is 0 Å². The van der Waals surface area contributed by atoms with E-state index in [1.807, 2.05) is 6.08 Å².